The van der Waals surface area contributed by atoms with Crippen LogP contribution in [-0.2, 0) is 10.8 Å². The second kappa shape index (κ2) is 34.4. The zero-order valence-electron chi connectivity index (χ0n) is 81.2. The molecule has 20 aromatic carbocycles. The summed E-state index contributed by atoms with van der Waals surface area (Å²) in [7, 11) is 0. The normalized spacial score (nSPS) is 12.4. The van der Waals surface area contributed by atoms with Gasteiger partial charge in [0.25, 0.3) is 0 Å². The van der Waals surface area contributed by atoms with Crippen LogP contribution in [0.25, 0.3) is 225 Å². The Morgan fingerprint density at radius 2 is 0.575 bits per heavy atom. The Morgan fingerprint density at radius 3 is 1.00 bits per heavy atom. The lowest BCUT2D eigenvalue weighted by Gasteiger charge is -2.24. The highest BCUT2D eigenvalue weighted by Gasteiger charge is 2.40. The van der Waals surface area contributed by atoms with Gasteiger partial charge in [-0.3, -0.25) is 0 Å². The number of aromatic nitrogens is 5. The van der Waals surface area contributed by atoms with Crippen LogP contribution in [0.2, 0.25) is 0 Å². The molecule has 0 amide bonds. The van der Waals surface area contributed by atoms with Gasteiger partial charge in [-0.05, 0) is 265 Å². The summed E-state index contributed by atoms with van der Waals surface area (Å²) in [6.45, 7) is 31.8. The third kappa shape index (κ3) is 13.6. The molecule has 0 atom stereocenters. The summed E-state index contributed by atoms with van der Waals surface area (Å²) in [5.74, 6) is 0. The van der Waals surface area contributed by atoms with Gasteiger partial charge in [0.05, 0.1) is 125 Å². The molecule has 0 spiro atoms. The van der Waals surface area contributed by atoms with Crippen LogP contribution in [-0.4, -0.2) is 22.8 Å². The first-order valence-electron chi connectivity index (χ1n) is 49.1. The largest absolute Gasteiger partial charge is 0.319 e. The van der Waals surface area contributed by atoms with Crippen LogP contribution < -0.4 is 0 Å². The van der Waals surface area contributed by atoms with E-state index in [2.05, 4.69) is 443 Å². The first-order chi connectivity index (χ1) is 71.4. The average Bonchev–Trinajstić information content (AvgIpc) is 1.53. The van der Waals surface area contributed by atoms with Crippen molar-refractivity contribution in [3.8, 4) is 131 Å². The highest BCUT2D eigenvalue weighted by atomic mass is 15.1. The van der Waals surface area contributed by atoms with E-state index in [4.69, 9.17) is 13.1 Å². The summed E-state index contributed by atoms with van der Waals surface area (Å²) < 4.78 is 11.2. The molecule has 0 aliphatic heterocycles. The van der Waals surface area contributed by atoms with E-state index >= 15 is 0 Å². The van der Waals surface area contributed by atoms with Gasteiger partial charge in [0.15, 0.2) is 0 Å². The van der Waals surface area contributed by atoms with Crippen molar-refractivity contribution >= 4 is 120 Å². The highest BCUT2D eigenvalue weighted by molar-refractivity contribution is 6.18. The second-order valence-corrected chi connectivity index (χ2v) is 39.3. The van der Waals surface area contributed by atoms with E-state index in [0.29, 0.717) is 44.9 Å². The molecule has 0 bridgehead atoms. The van der Waals surface area contributed by atoms with Crippen molar-refractivity contribution < 1.29 is 0 Å². The number of fused-ring (bicyclic) bond motifs is 21. The van der Waals surface area contributed by atoms with Crippen LogP contribution in [0.4, 0.5) is 11.4 Å². The van der Waals surface area contributed by atoms with Crippen LogP contribution in [0.3, 0.4) is 0 Å². The van der Waals surface area contributed by atoms with E-state index in [-0.39, 0.29) is 10.8 Å². The molecule has 146 heavy (non-hydrogen) atoms. The highest BCUT2D eigenvalue weighted by Crippen LogP contribution is 2.56. The molecule has 0 N–H and O–H groups in total. The van der Waals surface area contributed by atoms with Gasteiger partial charge in [-0.25, -0.2) is 9.69 Å². The molecule has 11 heteroatoms. The molecular weight excluding hydrogens is 1780 g/mol. The molecule has 2 aliphatic carbocycles. The lowest BCUT2D eigenvalue weighted by atomic mass is 9.82. The van der Waals surface area contributed by atoms with Gasteiger partial charge in [-0.15, -0.1) is 0 Å². The second-order valence-electron chi connectivity index (χ2n) is 39.3. The Labute approximate surface area is 844 Å². The molecule has 0 fully saturated rings. The van der Waals surface area contributed by atoms with Gasteiger partial charge in [0.2, 0.25) is 11.4 Å². The number of hydrogen-bond acceptors (Lipinski definition) is 4. The zero-order chi connectivity index (χ0) is 99.2. The van der Waals surface area contributed by atoms with Gasteiger partial charge in [0.1, 0.15) is 12.1 Å². The molecule has 27 rings (SSSR count). The molecule has 0 unspecified atom stereocenters. The fraction of sp³-hybridized carbons (Fsp3) is 0.0667. The zero-order valence-corrected chi connectivity index (χ0v) is 81.2. The molecule has 684 valence electrons. The number of benzene rings is 20. The summed E-state index contributed by atoms with van der Waals surface area (Å²) in [5, 5.41) is 52.3. The molecule has 0 radical (unpaired) electrons. The Hall–Kier alpha value is -19.7. The van der Waals surface area contributed by atoms with Gasteiger partial charge >= 0.3 is 0 Å². The number of nitrogens with zero attached hydrogens (tertiary/aromatic N) is 11. The van der Waals surface area contributed by atoms with Crippen LogP contribution >= 0.6 is 0 Å². The maximum atomic E-state index is 11.1. The van der Waals surface area contributed by atoms with Crippen molar-refractivity contribution in [2.24, 2.45) is 0 Å². The monoisotopic (exact) mass is 1860 g/mol. The predicted octanol–water partition coefficient (Wildman–Crippen LogP) is 35.0. The van der Waals surface area contributed by atoms with Crippen LogP contribution in [0.15, 0.2) is 413 Å². The lowest BCUT2D eigenvalue weighted by Crippen LogP contribution is -2.15. The van der Waals surface area contributed by atoms with Crippen molar-refractivity contribution in [3.63, 3.8) is 0 Å². The Bertz CT molecular complexity index is 9760. The van der Waals surface area contributed by atoms with Crippen LogP contribution in [0.5, 0.6) is 0 Å². The molecule has 5 aromatic heterocycles. The lowest BCUT2D eigenvalue weighted by molar-refractivity contribution is 0.661. The van der Waals surface area contributed by atoms with Crippen molar-refractivity contribution in [1.29, 1.82) is 21.0 Å². The minimum atomic E-state index is -0.194. The van der Waals surface area contributed by atoms with Crippen molar-refractivity contribution in [1.82, 2.24) is 22.8 Å². The molecule has 2 aliphatic rings. The molecule has 5 heterocycles. The van der Waals surface area contributed by atoms with Crippen molar-refractivity contribution in [2.75, 3.05) is 0 Å². The summed E-state index contributed by atoms with van der Waals surface area (Å²) in [4.78, 5) is 8.02. The molecule has 0 saturated carbocycles. The number of para-hydroxylation sites is 6. The minimum Gasteiger partial charge on any atom is -0.319 e. The quantitative estimate of drug-likeness (QED) is 0.126. The first-order valence-corrected chi connectivity index (χ1v) is 49.1. The fourth-order valence-corrected chi connectivity index (χ4v) is 23.8. The average molecular weight is 1870 g/mol. The first kappa shape index (κ1) is 87.8. The third-order valence-corrected chi connectivity index (χ3v) is 30.7. The maximum Gasteiger partial charge on any atom is 0.215 e. The Balaban J connectivity index is 0.000000115. The van der Waals surface area contributed by atoms with E-state index in [1.807, 2.05) is 50.2 Å². The third-order valence-electron chi connectivity index (χ3n) is 30.7. The number of hydrogen-bond donors (Lipinski definition) is 0. The number of rotatable bonds is 10. The topological polar surface area (TPSA) is 129 Å². The van der Waals surface area contributed by atoms with Crippen molar-refractivity contribution in [2.45, 2.75) is 59.3 Å². The van der Waals surface area contributed by atoms with Gasteiger partial charge < -0.3 is 22.8 Å². The van der Waals surface area contributed by atoms with Gasteiger partial charge in [0, 0.05) is 70.4 Å². The van der Waals surface area contributed by atoms with E-state index in [1.165, 1.54) is 88.6 Å². The SMILES string of the molecule is Cc1cc(C#N)cc(C#N)c1-n1c2ccc(-c3ccc(-c4ccccc4)cc3)cc2c2cc(-c3ccc(-c4ccccc4)cc3)ccc21.[C-]#[N+]c1c(C)c(C#N)c(-n2c3ccccc3c3cc4c(cc32)C(C)(C)c2ccccc2-4)c(C)c1-n1c2ccccc2c2cc3c(cc21)C(C)(C)c1ccccc1-3.[C-]#[N+]c1cccc(C#N)c1-n1c2ccccc2c2cc(-c3ccc4c(c3)c3ccccc3n4-c3ccccc3)ccc21. The standard InChI is InChI=1S/C52H38N4.C45H29N3.C38H22N4/c1-29-39(28-53)49(55-44-22-14-10-18-33(44)37-24-35-31-16-8-12-20-40(31)51(3,4)42(35)26-46(37)55)30(2)50(48(29)54-7)56-45-23-15-11-19-34(45)38-25-36-32-17-9-13-21-41(32)52(5,6)43(36)27-47(38)56;1-30-24-31(28-46)25-40(29-47)45(30)48-43-22-20-38(36-16-12-34(13-17-36)32-8-4-2-5-9-32)26-41(43)42-27-39(21-23-44(42)48)37-18-14-35(15-19-37)33-10-6-3-7-11-33;1-40-33-15-9-10-27(24-39)38(33)42-35-17-8-6-14-30(35)32-23-26(19-21-37(32)42)25-18-20-36-31(22-25)29-13-5-7-16-34(29)41(36)28-11-3-2-4-12-28/h8-27H,1-6H3;2-27H,1H3;2-23H. The summed E-state index contributed by atoms with van der Waals surface area (Å²) in [6, 6.07) is 154. The van der Waals surface area contributed by atoms with Gasteiger partial charge in [-0.1, -0.05) is 313 Å². The van der Waals surface area contributed by atoms with E-state index in [9.17, 15) is 21.0 Å². The minimum absolute atomic E-state index is 0.193. The number of aryl methyl sites for hydroxylation is 1. The van der Waals surface area contributed by atoms with Crippen molar-refractivity contribution in [3.05, 3.63) is 497 Å². The molecular formula is C135H89N11. The Morgan fingerprint density at radius 1 is 0.233 bits per heavy atom. The molecule has 0 saturated heterocycles. The molecule has 25 aromatic rings. The summed E-state index contributed by atoms with van der Waals surface area (Å²) >= 11 is 0. The van der Waals surface area contributed by atoms with Gasteiger partial charge in [-0.2, -0.15) is 21.0 Å². The number of nitriles is 4. The van der Waals surface area contributed by atoms with Crippen LogP contribution in [0, 0.1) is 79.2 Å². The van der Waals surface area contributed by atoms with E-state index < -0.39 is 0 Å². The predicted molar refractivity (Wildman–Crippen MR) is 599 cm³/mol. The summed E-state index contributed by atoms with van der Waals surface area (Å²) in [5.41, 5.74) is 41.6. The summed E-state index contributed by atoms with van der Waals surface area (Å²) in [6.07, 6.45) is 0. The Kier molecular flexibility index (Phi) is 20.7. The van der Waals surface area contributed by atoms with Crippen LogP contribution in [0.1, 0.15) is 88.9 Å². The maximum absolute atomic E-state index is 11.1. The smallest absolute Gasteiger partial charge is 0.215 e. The fourth-order valence-electron chi connectivity index (χ4n) is 23.8. The van der Waals surface area contributed by atoms with E-state index in [0.717, 1.165) is 154 Å². The molecule has 11 nitrogen and oxygen atoms in total. The van der Waals surface area contributed by atoms with E-state index in [1.54, 1.807) is 24.3 Å².